The molecule has 0 saturated carbocycles. The maximum Gasteiger partial charge on any atom is 0.416 e. The molecule has 2 heterocycles. The van der Waals surface area contributed by atoms with Crippen molar-refractivity contribution < 1.29 is 31.1 Å². The molecule has 1 amide bonds. The highest BCUT2D eigenvalue weighted by Gasteiger charge is 2.48. The van der Waals surface area contributed by atoms with Crippen LogP contribution < -0.4 is 16.5 Å². The summed E-state index contributed by atoms with van der Waals surface area (Å²) in [7, 11) is 0. The van der Waals surface area contributed by atoms with Crippen molar-refractivity contribution in [3.63, 3.8) is 0 Å². The lowest BCUT2D eigenvalue weighted by atomic mass is 9.74. The van der Waals surface area contributed by atoms with Crippen LogP contribution >= 0.6 is 0 Å². The number of hydrogen-bond donors (Lipinski definition) is 3. The van der Waals surface area contributed by atoms with Gasteiger partial charge in [-0.3, -0.25) is 10.2 Å². The Morgan fingerprint density at radius 3 is 2.10 bits per heavy atom. The zero-order chi connectivity index (χ0) is 21.4. The lowest BCUT2D eigenvalue weighted by Crippen LogP contribution is -2.71. The first kappa shape index (κ1) is 21.0. The number of carbonyl (C=O) groups excluding carboxylic acids is 1. The van der Waals surface area contributed by atoms with Crippen LogP contribution in [0.3, 0.4) is 0 Å². The lowest BCUT2D eigenvalue weighted by Gasteiger charge is -2.55. The van der Waals surface area contributed by atoms with Gasteiger partial charge in [0.05, 0.1) is 11.1 Å². The summed E-state index contributed by atoms with van der Waals surface area (Å²) in [6.07, 6.45) is -7.71. The summed E-state index contributed by atoms with van der Waals surface area (Å²) in [6, 6.07) is 0.938. The topological polar surface area (TPSA) is 82.7 Å². The molecule has 0 bridgehead atoms. The fraction of sp³-hybridized carbons (Fsp3) is 0.412. The van der Waals surface area contributed by atoms with Crippen molar-refractivity contribution in [3.05, 3.63) is 47.2 Å². The van der Waals surface area contributed by atoms with E-state index in [1.54, 1.807) is 4.90 Å². The Bertz CT molecular complexity index is 817. The SMILES string of the molecule is N/C(=N\N/C=C\C(=O)N1CC2(CNC2)C1)c1cc(C(F)(F)F)cc(C(F)(F)F)c1. The van der Waals surface area contributed by atoms with Crippen LogP contribution in [0.4, 0.5) is 26.3 Å². The van der Waals surface area contributed by atoms with Crippen LogP contribution in [-0.2, 0) is 17.1 Å². The van der Waals surface area contributed by atoms with Gasteiger partial charge in [-0.15, -0.1) is 0 Å². The van der Waals surface area contributed by atoms with Gasteiger partial charge in [0.1, 0.15) is 0 Å². The van der Waals surface area contributed by atoms with Gasteiger partial charge in [-0.1, -0.05) is 0 Å². The van der Waals surface area contributed by atoms with Crippen molar-refractivity contribution in [2.75, 3.05) is 26.2 Å². The minimum absolute atomic E-state index is 0.000236. The minimum atomic E-state index is -4.99. The molecule has 6 nitrogen and oxygen atoms in total. The molecular weight excluding hydrogens is 404 g/mol. The molecule has 2 aliphatic heterocycles. The number of nitrogens with two attached hydrogens (primary N) is 1. The molecule has 2 fully saturated rings. The first-order chi connectivity index (χ1) is 13.4. The fourth-order valence-corrected chi connectivity index (χ4v) is 3.11. The lowest BCUT2D eigenvalue weighted by molar-refractivity contribution is -0.143. The van der Waals surface area contributed by atoms with Crippen LogP contribution in [0, 0.1) is 5.41 Å². The van der Waals surface area contributed by atoms with Gasteiger partial charge >= 0.3 is 12.4 Å². The monoisotopic (exact) mass is 421 g/mol. The number of amides is 1. The highest BCUT2D eigenvalue weighted by atomic mass is 19.4. The molecule has 0 aromatic heterocycles. The molecule has 0 radical (unpaired) electrons. The largest absolute Gasteiger partial charge is 0.416 e. The molecular formula is C17H17F6N5O. The smallest absolute Gasteiger partial charge is 0.382 e. The average Bonchev–Trinajstić information content (AvgIpc) is 2.54. The highest BCUT2D eigenvalue weighted by Crippen LogP contribution is 2.36. The summed E-state index contributed by atoms with van der Waals surface area (Å²) in [5.41, 5.74) is 4.36. The van der Waals surface area contributed by atoms with Gasteiger partial charge in [-0.2, -0.15) is 31.4 Å². The zero-order valence-electron chi connectivity index (χ0n) is 14.9. The predicted molar refractivity (Wildman–Crippen MR) is 91.3 cm³/mol. The van der Waals surface area contributed by atoms with E-state index in [-0.39, 0.29) is 17.4 Å². The number of nitrogens with zero attached hydrogens (tertiary/aromatic N) is 2. The van der Waals surface area contributed by atoms with Crippen molar-refractivity contribution in [2.24, 2.45) is 16.3 Å². The fourth-order valence-electron chi connectivity index (χ4n) is 3.11. The van der Waals surface area contributed by atoms with Gasteiger partial charge < -0.3 is 16.0 Å². The van der Waals surface area contributed by atoms with Gasteiger partial charge in [-0.05, 0) is 18.2 Å². The summed E-state index contributed by atoms with van der Waals surface area (Å²) in [5.74, 6) is -0.885. The summed E-state index contributed by atoms with van der Waals surface area (Å²) in [5, 5.41) is 6.64. The Balaban J connectivity index is 1.66. The van der Waals surface area contributed by atoms with Crippen molar-refractivity contribution >= 4 is 11.7 Å². The van der Waals surface area contributed by atoms with Gasteiger partial charge in [0.25, 0.3) is 0 Å². The number of nitrogens with one attached hydrogen (secondary N) is 2. The Morgan fingerprint density at radius 1 is 1.10 bits per heavy atom. The van der Waals surface area contributed by atoms with Gasteiger partial charge in [0.15, 0.2) is 5.84 Å². The molecule has 29 heavy (non-hydrogen) atoms. The summed E-state index contributed by atoms with van der Waals surface area (Å²) < 4.78 is 77.2. The van der Waals surface area contributed by atoms with Gasteiger partial charge in [0.2, 0.25) is 5.91 Å². The average molecular weight is 421 g/mol. The normalized spacial score (nSPS) is 19.2. The third-order valence-electron chi connectivity index (χ3n) is 4.73. The molecule has 1 spiro atoms. The number of hydrazone groups is 1. The zero-order valence-corrected chi connectivity index (χ0v) is 14.9. The standard InChI is InChI=1S/C17H17F6N5O/c18-16(19,20)11-3-10(4-12(5-11)17(21,22)23)14(24)27-26-2-1-13(29)28-8-15(9-28)6-25-7-15/h1-5,25-26H,6-9H2,(H2,24,27)/b2-1-. The molecule has 0 unspecified atom stereocenters. The number of hydrogen-bond acceptors (Lipinski definition) is 4. The number of amidine groups is 1. The minimum Gasteiger partial charge on any atom is -0.382 e. The summed E-state index contributed by atoms with van der Waals surface area (Å²) in [6.45, 7) is 2.96. The van der Waals surface area contributed by atoms with E-state index in [0.29, 0.717) is 25.2 Å². The molecule has 1 aromatic rings. The maximum atomic E-state index is 12.9. The number of halogens is 6. The molecule has 3 rings (SSSR count). The van der Waals surface area contributed by atoms with Gasteiger partial charge in [-0.25, -0.2) is 0 Å². The number of alkyl halides is 6. The molecule has 2 saturated heterocycles. The summed E-state index contributed by atoms with van der Waals surface area (Å²) in [4.78, 5) is 13.5. The first-order valence-electron chi connectivity index (χ1n) is 8.44. The number of rotatable bonds is 4. The second-order valence-electron chi connectivity index (χ2n) is 7.05. The van der Waals surface area contributed by atoms with E-state index in [1.807, 2.05) is 0 Å². The molecule has 158 valence electrons. The molecule has 4 N–H and O–H groups in total. The van der Waals surface area contributed by atoms with Crippen molar-refractivity contribution in [2.45, 2.75) is 12.4 Å². The molecule has 1 aromatic carbocycles. The molecule has 2 aliphatic rings. The highest BCUT2D eigenvalue weighted by molar-refractivity contribution is 5.97. The van der Waals surface area contributed by atoms with E-state index in [0.717, 1.165) is 25.4 Å². The molecule has 12 heteroatoms. The van der Waals surface area contributed by atoms with Crippen LogP contribution in [0.1, 0.15) is 16.7 Å². The van der Waals surface area contributed by atoms with E-state index in [4.69, 9.17) is 5.73 Å². The molecule has 0 aliphatic carbocycles. The molecule has 0 atom stereocenters. The second kappa shape index (κ2) is 7.25. The Labute approximate surface area is 161 Å². The van der Waals surface area contributed by atoms with Crippen molar-refractivity contribution in [3.8, 4) is 0 Å². The third-order valence-corrected chi connectivity index (χ3v) is 4.73. The van der Waals surface area contributed by atoms with E-state index in [9.17, 15) is 31.1 Å². The van der Waals surface area contributed by atoms with Crippen LogP contribution in [0.25, 0.3) is 0 Å². The predicted octanol–water partition coefficient (Wildman–Crippen LogP) is 1.88. The maximum absolute atomic E-state index is 12.9. The van der Waals surface area contributed by atoms with Crippen molar-refractivity contribution in [1.29, 1.82) is 0 Å². The first-order valence-corrected chi connectivity index (χ1v) is 8.44. The van der Waals surface area contributed by atoms with E-state index >= 15 is 0 Å². The Hall–Kier alpha value is -2.76. The number of likely N-dealkylation sites (tertiary alicyclic amines) is 1. The van der Waals surface area contributed by atoms with Gasteiger partial charge in [0, 0.05) is 49.4 Å². The second-order valence-corrected chi connectivity index (χ2v) is 7.05. The van der Waals surface area contributed by atoms with E-state index in [2.05, 4.69) is 15.8 Å². The van der Waals surface area contributed by atoms with Crippen LogP contribution in [-0.4, -0.2) is 42.8 Å². The Kier molecular flexibility index (Phi) is 5.24. The number of benzene rings is 1. The number of carbonyl (C=O) groups is 1. The van der Waals surface area contributed by atoms with E-state index < -0.39 is 34.9 Å². The van der Waals surface area contributed by atoms with Crippen LogP contribution in [0.15, 0.2) is 35.6 Å². The van der Waals surface area contributed by atoms with Crippen LogP contribution in [0.5, 0.6) is 0 Å². The quantitative estimate of drug-likeness (QED) is 0.228. The third kappa shape index (κ3) is 4.63. The van der Waals surface area contributed by atoms with Crippen molar-refractivity contribution in [1.82, 2.24) is 15.6 Å². The Morgan fingerprint density at radius 2 is 1.66 bits per heavy atom. The van der Waals surface area contributed by atoms with E-state index in [1.165, 1.54) is 0 Å². The van der Waals surface area contributed by atoms with Crippen LogP contribution in [0.2, 0.25) is 0 Å². The summed E-state index contributed by atoms with van der Waals surface area (Å²) >= 11 is 0.